The number of nitrogens with one attached hydrogen (secondary N) is 1. The third kappa shape index (κ3) is 3.61. The van der Waals surface area contributed by atoms with Crippen molar-refractivity contribution in [3.63, 3.8) is 0 Å². The van der Waals surface area contributed by atoms with Gasteiger partial charge in [-0.05, 0) is 23.6 Å². The second-order valence-corrected chi connectivity index (χ2v) is 4.55. The van der Waals surface area contributed by atoms with Gasteiger partial charge in [0.2, 0.25) is 0 Å². The standard InChI is InChI=1S/C14H20N2O3/c1-2-12(16-6-8-19-14(15)17)10-3-4-13-11(9-10)5-7-18-13/h3-4,9,12,16H,2,5-8H2,1H3,(H2,15,17). The fraction of sp³-hybridized carbons (Fsp3) is 0.500. The fourth-order valence-corrected chi connectivity index (χ4v) is 2.31. The molecule has 0 radical (unpaired) electrons. The van der Waals surface area contributed by atoms with Gasteiger partial charge in [0, 0.05) is 19.0 Å². The molecule has 0 bridgehead atoms. The summed E-state index contributed by atoms with van der Waals surface area (Å²) in [5.41, 5.74) is 7.42. The van der Waals surface area contributed by atoms with Crippen LogP contribution in [0.2, 0.25) is 0 Å². The highest BCUT2D eigenvalue weighted by atomic mass is 16.5. The second kappa shape index (κ2) is 6.43. The van der Waals surface area contributed by atoms with E-state index >= 15 is 0 Å². The average Bonchev–Trinajstić information content (AvgIpc) is 2.85. The van der Waals surface area contributed by atoms with Crippen molar-refractivity contribution < 1.29 is 14.3 Å². The maximum atomic E-state index is 10.5. The quantitative estimate of drug-likeness (QED) is 0.768. The normalized spacial score (nSPS) is 14.6. The van der Waals surface area contributed by atoms with Gasteiger partial charge < -0.3 is 20.5 Å². The maximum Gasteiger partial charge on any atom is 0.404 e. The van der Waals surface area contributed by atoms with Gasteiger partial charge in [0.15, 0.2) is 0 Å². The first-order chi connectivity index (χ1) is 9.20. The van der Waals surface area contributed by atoms with Crippen LogP contribution in [0.4, 0.5) is 4.79 Å². The van der Waals surface area contributed by atoms with Gasteiger partial charge in [-0.1, -0.05) is 19.1 Å². The summed E-state index contributed by atoms with van der Waals surface area (Å²) < 4.78 is 10.2. The van der Waals surface area contributed by atoms with Crippen LogP contribution in [-0.4, -0.2) is 25.9 Å². The van der Waals surface area contributed by atoms with Crippen molar-refractivity contribution in [3.8, 4) is 5.75 Å². The number of primary amides is 1. The molecule has 1 aromatic carbocycles. The summed E-state index contributed by atoms with van der Waals surface area (Å²) in [5, 5.41) is 3.36. The van der Waals surface area contributed by atoms with Crippen molar-refractivity contribution in [1.29, 1.82) is 0 Å². The van der Waals surface area contributed by atoms with Gasteiger partial charge in [-0.25, -0.2) is 4.79 Å². The van der Waals surface area contributed by atoms with E-state index < -0.39 is 6.09 Å². The molecule has 2 rings (SSSR count). The van der Waals surface area contributed by atoms with Crippen molar-refractivity contribution in [2.75, 3.05) is 19.8 Å². The average molecular weight is 264 g/mol. The molecule has 1 unspecified atom stereocenters. The smallest absolute Gasteiger partial charge is 0.404 e. The molecule has 5 nitrogen and oxygen atoms in total. The number of nitrogens with two attached hydrogens (primary N) is 1. The lowest BCUT2D eigenvalue weighted by Gasteiger charge is -2.18. The van der Waals surface area contributed by atoms with Crippen molar-refractivity contribution in [1.82, 2.24) is 5.32 Å². The molecule has 1 aliphatic rings. The fourth-order valence-electron chi connectivity index (χ4n) is 2.31. The molecule has 1 amide bonds. The minimum Gasteiger partial charge on any atom is -0.493 e. The number of benzene rings is 1. The van der Waals surface area contributed by atoms with Crippen LogP contribution >= 0.6 is 0 Å². The highest BCUT2D eigenvalue weighted by molar-refractivity contribution is 5.64. The Balaban J connectivity index is 1.92. The minimum atomic E-state index is -0.732. The molecule has 104 valence electrons. The predicted molar refractivity (Wildman–Crippen MR) is 72.2 cm³/mol. The largest absolute Gasteiger partial charge is 0.493 e. The van der Waals surface area contributed by atoms with Crippen molar-refractivity contribution in [2.45, 2.75) is 25.8 Å². The zero-order valence-electron chi connectivity index (χ0n) is 11.1. The van der Waals surface area contributed by atoms with Crippen LogP contribution in [-0.2, 0) is 11.2 Å². The molecule has 0 saturated heterocycles. The van der Waals surface area contributed by atoms with Crippen LogP contribution in [0.1, 0.15) is 30.5 Å². The maximum absolute atomic E-state index is 10.5. The molecule has 1 aromatic rings. The monoisotopic (exact) mass is 264 g/mol. The first kappa shape index (κ1) is 13.7. The molecule has 0 spiro atoms. The van der Waals surface area contributed by atoms with Gasteiger partial charge in [-0.2, -0.15) is 0 Å². The van der Waals surface area contributed by atoms with E-state index in [1.54, 1.807) is 0 Å². The summed E-state index contributed by atoms with van der Waals surface area (Å²) in [6, 6.07) is 6.56. The highest BCUT2D eigenvalue weighted by Crippen LogP contribution is 2.28. The van der Waals surface area contributed by atoms with E-state index in [-0.39, 0.29) is 6.04 Å². The molecule has 19 heavy (non-hydrogen) atoms. The van der Waals surface area contributed by atoms with E-state index in [2.05, 4.69) is 24.4 Å². The van der Waals surface area contributed by atoms with Crippen LogP contribution in [0.5, 0.6) is 5.75 Å². The number of rotatable bonds is 6. The van der Waals surface area contributed by atoms with Crippen molar-refractivity contribution >= 4 is 6.09 Å². The van der Waals surface area contributed by atoms with Crippen LogP contribution in [0, 0.1) is 0 Å². The zero-order chi connectivity index (χ0) is 13.7. The number of fused-ring (bicyclic) bond motifs is 1. The Labute approximate surface area is 113 Å². The number of carbonyl (C=O) groups is 1. The van der Waals surface area contributed by atoms with E-state index in [0.29, 0.717) is 13.2 Å². The van der Waals surface area contributed by atoms with E-state index in [1.807, 2.05) is 6.07 Å². The van der Waals surface area contributed by atoms with Gasteiger partial charge >= 0.3 is 6.09 Å². The number of hydrogen-bond donors (Lipinski definition) is 2. The van der Waals surface area contributed by atoms with Gasteiger partial charge in [0.05, 0.1) is 6.61 Å². The first-order valence-corrected chi connectivity index (χ1v) is 6.62. The lowest BCUT2D eigenvalue weighted by Crippen LogP contribution is -2.27. The Hall–Kier alpha value is -1.75. The highest BCUT2D eigenvalue weighted by Gasteiger charge is 2.15. The lowest BCUT2D eigenvalue weighted by atomic mass is 10.0. The summed E-state index contributed by atoms with van der Waals surface area (Å²) in [6.45, 7) is 3.78. The Bertz CT molecular complexity index is 448. The van der Waals surface area contributed by atoms with Crippen LogP contribution in [0.25, 0.3) is 0 Å². The number of ether oxygens (including phenoxy) is 2. The third-order valence-electron chi connectivity index (χ3n) is 3.26. The van der Waals surface area contributed by atoms with Gasteiger partial charge in [-0.3, -0.25) is 0 Å². The molecule has 0 saturated carbocycles. The molecular weight excluding hydrogens is 244 g/mol. The van der Waals surface area contributed by atoms with Crippen LogP contribution < -0.4 is 15.8 Å². The lowest BCUT2D eigenvalue weighted by molar-refractivity contribution is 0.156. The van der Waals surface area contributed by atoms with E-state index in [1.165, 1.54) is 11.1 Å². The number of hydrogen-bond acceptors (Lipinski definition) is 4. The SMILES string of the molecule is CCC(NCCOC(N)=O)c1ccc2c(c1)CCO2. The molecule has 1 atom stereocenters. The number of carbonyl (C=O) groups excluding carboxylic acids is 1. The van der Waals surface area contributed by atoms with Crippen LogP contribution in [0.15, 0.2) is 18.2 Å². The Morgan fingerprint density at radius 2 is 2.42 bits per heavy atom. The Kier molecular flexibility index (Phi) is 4.63. The molecule has 1 heterocycles. The molecular formula is C14H20N2O3. The third-order valence-corrected chi connectivity index (χ3v) is 3.26. The topological polar surface area (TPSA) is 73.6 Å². The van der Waals surface area contributed by atoms with Crippen molar-refractivity contribution in [3.05, 3.63) is 29.3 Å². The summed E-state index contributed by atoms with van der Waals surface area (Å²) in [5.74, 6) is 0.996. The minimum absolute atomic E-state index is 0.252. The summed E-state index contributed by atoms with van der Waals surface area (Å²) in [6.07, 6.45) is 1.21. The molecule has 0 aliphatic carbocycles. The van der Waals surface area contributed by atoms with Crippen LogP contribution in [0.3, 0.4) is 0 Å². The predicted octanol–water partition coefficient (Wildman–Crippen LogP) is 1.76. The molecule has 3 N–H and O–H groups in total. The van der Waals surface area contributed by atoms with E-state index in [9.17, 15) is 4.79 Å². The Morgan fingerprint density at radius 1 is 1.58 bits per heavy atom. The number of amides is 1. The van der Waals surface area contributed by atoms with Gasteiger partial charge in [0.25, 0.3) is 0 Å². The van der Waals surface area contributed by atoms with Gasteiger partial charge in [-0.15, -0.1) is 0 Å². The first-order valence-electron chi connectivity index (χ1n) is 6.62. The van der Waals surface area contributed by atoms with E-state index in [0.717, 1.165) is 25.2 Å². The van der Waals surface area contributed by atoms with Gasteiger partial charge in [0.1, 0.15) is 12.4 Å². The second-order valence-electron chi connectivity index (χ2n) is 4.55. The van der Waals surface area contributed by atoms with E-state index in [4.69, 9.17) is 15.2 Å². The molecule has 1 aliphatic heterocycles. The van der Waals surface area contributed by atoms with Crippen molar-refractivity contribution in [2.24, 2.45) is 5.73 Å². The summed E-state index contributed by atoms with van der Waals surface area (Å²) in [4.78, 5) is 10.5. The molecule has 0 fully saturated rings. The molecule has 5 heteroatoms. The summed E-state index contributed by atoms with van der Waals surface area (Å²) in [7, 11) is 0. The zero-order valence-corrected chi connectivity index (χ0v) is 11.1. The summed E-state index contributed by atoms with van der Waals surface area (Å²) >= 11 is 0. The molecule has 0 aromatic heterocycles. The Morgan fingerprint density at radius 3 is 3.16 bits per heavy atom.